The highest BCUT2D eigenvalue weighted by atomic mass is 15.3. The Hall–Kier alpha value is -1.59. The SMILES string of the molecule is CC(C)(Nc1nc(N)nc(N2CCCC2)n1)C1CC1. The predicted molar refractivity (Wildman–Crippen MR) is 76.1 cm³/mol. The first kappa shape index (κ1) is 12.4. The molecule has 3 N–H and O–H groups in total. The first-order valence-electron chi connectivity index (χ1n) is 7.09. The van der Waals surface area contributed by atoms with E-state index in [0.717, 1.165) is 13.1 Å². The van der Waals surface area contributed by atoms with Gasteiger partial charge in [0.2, 0.25) is 17.8 Å². The number of hydrogen-bond acceptors (Lipinski definition) is 6. The summed E-state index contributed by atoms with van der Waals surface area (Å²) in [6.45, 7) is 6.41. The molecule has 104 valence electrons. The third-order valence-electron chi connectivity index (χ3n) is 4.06. The summed E-state index contributed by atoms with van der Waals surface area (Å²) in [5.74, 6) is 2.32. The molecule has 1 aliphatic carbocycles. The first-order valence-corrected chi connectivity index (χ1v) is 7.09. The monoisotopic (exact) mass is 262 g/mol. The lowest BCUT2D eigenvalue weighted by atomic mass is 9.99. The van der Waals surface area contributed by atoms with Crippen molar-refractivity contribution in [3.63, 3.8) is 0 Å². The van der Waals surface area contributed by atoms with E-state index in [2.05, 4.69) is 39.0 Å². The maximum absolute atomic E-state index is 5.81. The van der Waals surface area contributed by atoms with Crippen LogP contribution in [0.4, 0.5) is 17.8 Å². The molecular formula is C13H22N6. The van der Waals surface area contributed by atoms with Crippen LogP contribution in [0.2, 0.25) is 0 Å². The summed E-state index contributed by atoms with van der Waals surface area (Å²) < 4.78 is 0. The van der Waals surface area contributed by atoms with Gasteiger partial charge < -0.3 is 16.0 Å². The zero-order chi connectivity index (χ0) is 13.5. The Labute approximate surface area is 113 Å². The lowest BCUT2D eigenvalue weighted by molar-refractivity contribution is 0.490. The van der Waals surface area contributed by atoms with Crippen LogP contribution in [0.25, 0.3) is 0 Å². The van der Waals surface area contributed by atoms with Gasteiger partial charge >= 0.3 is 0 Å². The van der Waals surface area contributed by atoms with Gasteiger partial charge in [-0.05, 0) is 45.4 Å². The van der Waals surface area contributed by atoms with Crippen LogP contribution in [-0.4, -0.2) is 33.6 Å². The normalized spacial score (nSPS) is 19.8. The standard InChI is InChI=1S/C13H22N6/c1-13(2,9-5-6-9)18-11-15-10(14)16-12(17-11)19-7-3-4-8-19/h9H,3-8H2,1-2H3,(H3,14,15,16,17,18). The maximum Gasteiger partial charge on any atom is 0.231 e. The van der Waals surface area contributed by atoms with Gasteiger partial charge in [0, 0.05) is 18.6 Å². The molecule has 0 aromatic carbocycles. The fraction of sp³-hybridized carbons (Fsp3) is 0.769. The summed E-state index contributed by atoms with van der Waals surface area (Å²) in [6, 6.07) is 0. The minimum absolute atomic E-state index is 0.0239. The number of nitrogens with two attached hydrogens (primary N) is 1. The molecule has 1 aromatic rings. The van der Waals surface area contributed by atoms with Gasteiger partial charge in [0.15, 0.2) is 0 Å². The van der Waals surface area contributed by atoms with E-state index in [1.54, 1.807) is 0 Å². The van der Waals surface area contributed by atoms with E-state index in [-0.39, 0.29) is 5.54 Å². The average Bonchev–Trinajstić information content (AvgIpc) is 3.05. The number of rotatable bonds is 4. The summed E-state index contributed by atoms with van der Waals surface area (Å²) in [7, 11) is 0. The summed E-state index contributed by atoms with van der Waals surface area (Å²) in [5.41, 5.74) is 5.83. The smallest absolute Gasteiger partial charge is 0.231 e. The van der Waals surface area contributed by atoms with Crippen molar-refractivity contribution in [3.05, 3.63) is 0 Å². The largest absolute Gasteiger partial charge is 0.368 e. The van der Waals surface area contributed by atoms with Gasteiger partial charge in [0.05, 0.1) is 0 Å². The summed E-state index contributed by atoms with van der Waals surface area (Å²) >= 11 is 0. The van der Waals surface area contributed by atoms with Crippen molar-refractivity contribution in [1.82, 2.24) is 15.0 Å². The van der Waals surface area contributed by atoms with E-state index in [1.807, 2.05) is 0 Å². The highest BCUT2D eigenvalue weighted by Crippen LogP contribution is 2.40. The Bertz CT molecular complexity index is 462. The molecule has 6 heteroatoms. The molecule has 1 saturated carbocycles. The predicted octanol–water partition coefficient (Wildman–Crippen LogP) is 1.65. The molecule has 2 fully saturated rings. The van der Waals surface area contributed by atoms with Gasteiger partial charge in [-0.3, -0.25) is 0 Å². The van der Waals surface area contributed by atoms with Crippen LogP contribution >= 0.6 is 0 Å². The van der Waals surface area contributed by atoms with Crippen LogP contribution in [0.1, 0.15) is 39.5 Å². The zero-order valence-electron chi connectivity index (χ0n) is 11.7. The Balaban J connectivity index is 1.80. The van der Waals surface area contributed by atoms with E-state index < -0.39 is 0 Å². The van der Waals surface area contributed by atoms with Crippen molar-refractivity contribution in [2.24, 2.45) is 5.92 Å². The van der Waals surface area contributed by atoms with Gasteiger partial charge in [-0.25, -0.2) is 0 Å². The Morgan fingerprint density at radius 1 is 1.16 bits per heavy atom. The fourth-order valence-electron chi connectivity index (χ4n) is 2.69. The third kappa shape index (κ3) is 2.72. The van der Waals surface area contributed by atoms with E-state index in [0.29, 0.717) is 23.8 Å². The second-order valence-corrected chi connectivity index (χ2v) is 6.13. The molecule has 2 aliphatic rings. The zero-order valence-corrected chi connectivity index (χ0v) is 11.7. The fourth-order valence-corrected chi connectivity index (χ4v) is 2.69. The van der Waals surface area contributed by atoms with Crippen molar-refractivity contribution in [2.45, 2.75) is 45.1 Å². The Kier molecular flexibility index (Phi) is 2.95. The second-order valence-electron chi connectivity index (χ2n) is 6.13. The van der Waals surface area contributed by atoms with Crippen molar-refractivity contribution >= 4 is 17.8 Å². The number of aromatic nitrogens is 3. The highest BCUT2D eigenvalue weighted by molar-refractivity contribution is 5.43. The van der Waals surface area contributed by atoms with Crippen molar-refractivity contribution < 1.29 is 0 Å². The molecule has 1 saturated heterocycles. The van der Waals surface area contributed by atoms with Gasteiger partial charge in [0.25, 0.3) is 0 Å². The Morgan fingerprint density at radius 3 is 2.47 bits per heavy atom. The summed E-state index contributed by atoms with van der Waals surface area (Å²) in [4.78, 5) is 15.2. The second kappa shape index (κ2) is 4.51. The molecule has 0 bridgehead atoms. The molecule has 6 nitrogen and oxygen atoms in total. The lowest BCUT2D eigenvalue weighted by Crippen LogP contribution is -2.34. The quantitative estimate of drug-likeness (QED) is 0.859. The number of nitrogens with one attached hydrogen (secondary N) is 1. The molecule has 1 aromatic heterocycles. The molecule has 3 rings (SSSR count). The number of nitrogens with zero attached hydrogens (tertiary/aromatic N) is 4. The number of anilines is 3. The average molecular weight is 262 g/mol. The lowest BCUT2D eigenvalue weighted by Gasteiger charge is -2.26. The molecule has 0 unspecified atom stereocenters. The van der Waals surface area contributed by atoms with Crippen LogP contribution in [0.15, 0.2) is 0 Å². The van der Waals surface area contributed by atoms with Gasteiger partial charge in [-0.2, -0.15) is 15.0 Å². The number of hydrogen-bond donors (Lipinski definition) is 2. The topological polar surface area (TPSA) is 80.0 Å². The molecular weight excluding hydrogens is 240 g/mol. The van der Waals surface area contributed by atoms with Gasteiger partial charge in [-0.1, -0.05) is 0 Å². The summed E-state index contributed by atoms with van der Waals surface area (Å²) in [6.07, 6.45) is 4.95. The van der Waals surface area contributed by atoms with Gasteiger partial charge in [-0.15, -0.1) is 0 Å². The van der Waals surface area contributed by atoms with Crippen molar-refractivity contribution in [2.75, 3.05) is 29.0 Å². The highest BCUT2D eigenvalue weighted by Gasteiger charge is 2.38. The van der Waals surface area contributed by atoms with Crippen LogP contribution < -0.4 is 16.0 Å². The minimum Gasteiger partial charge on any atom is -0.368 e. The van der Waals surface area contributed by atoms with Crippen LogP contribution in [-0.2, 0) is 0 Å². The molecule has 0 atom stereocenters. The molecule has 0 spiro atoms. The van der Waals surface area contributed by atoms with Gasteiger partial charge in [0.1, 0.15) is 0 Å². The third-order valence-corrected chi connectivity index (χ3v) is 4.06. The maximum atomic E-state index is 5.81. The molecule has 0 amide bonds. The van der Waals surface area contributed by atoms with Crippen molar-refractivity contribution in [3.8, 4) is 0 Å². The number of nitrogen functional groups attached to an aromatic ring is 1. The Morgan fingerprint density at radius 2 is 1.84 bits per heavy atom. The van der Waals surface area contributed by atoms with E-state index in [4.69, 9.17) is 5.73 Å². The van der Waals surface area contributed by atoms with Crippen LogP contribution in [0.3, 0.4) is 0 Å². The molecule has 0 radical (unpaired) electrons. The van der Waals surface area contributed by atoms with Crippen LogP contribution in [0.5, 0.6) is 0 Å². The van der Waals surface area contributed by atoms with E-state index in [9.17, 15) is 0 Å². The molecule has 2 heterocycles. The van der Waals surface area contributed by atoms with Crippen LogP contribution in [0, 0.1) is 5.92 Å². The minimum atomic E-state index is 0.0239. The van der Waals surface area contributed by atoms with E-state index in [1.165, 1.54) is 25.7 Å². The molecule has 1 aliphatic heterocycles. The first-order chi connectivity index (χ1) is 9.04. The van der Waals surface area contributed by atoms with E-state index >= 15 is 0 Å². The van der Waals surface area contributed by atoms with Crippen molar-refractivity contribution in [1.29, 1.82) is 0 Å². The summed E-state index contributed by atoms with van der Waals surface area (Å²) in [5, 5.41) is 3.42. The molecule has 19 heavy (non-hydrogen) atoms.